The molecular formula is C12H15Br2N3S. The van der Waals surface area contributed by atoms with Crippen LogP contribution in [0.5, 0.6) is 0 Å². The molecule has 0 fully saturated rings. The standard InChI is InChI=1S/C12H15Br2N3S/c1-3-6-17-9(4-5-16-17)11(15-2)10-7-8(13)12(14)18-10/h4-5,7,11,15H,3,6H2,1-2H3. The van der Waals surface area contributed by atoms with Gasteiger partial charge in [0, 0.05) is 22.1 Å². The average Bonchev–Trinajstić information content (AvgIpc) is 2.90. The van der Waals surface area contributed by atoms with Crippen LogP contribution in [-0.4, -0.2) is 16.8 Å². The van der Waals surface area contributed by atoms with E-state index in [0.29, 0.717) is 0 Å². The van der Waals surface area contributed by atoms with Crippen molar-refractivity contribution in [1.82, 2.24) is 15.1 Å². The first kappa shape index (κ1) is 14.2. The molecule has 0 radical (unpaired) electrons. The van der Waals surface area contributed by atoms with Gasteiger partial charge in [0.25, 0.3) is 0 Å². The number of thiophene rings is 1. The van der Waals surface area contributed by atoms with E-state index in [2.05, 4.69) is 66.0 Å². The molecule has 0 bridgehead atoms. The van der Waals surface area contributed by atoms with Crippen molar-refractivity contribution in [2.75, 3.05) is 7.05 Å². The summed E-state index contributed by atoms with van der Waals surface area (Å²) in [4.78, 5) is 1.27. The lowest BCUT2D eigenvalue weighted by Crippen LogP contribution is -2.20. The molecule has 98 valence electrons. The van der Waals surface area contributed by atoms with Gasteiger partial charge in [-0.25, -0.2) is 0 Å². The number of halogens is 2. The summed E-state index contributed by atoms with van der Waals surface area (Å²) in [7, 11) is 1.98. The van der Waals surface area contributed by atoms with E-state index < -0.39 is 0 Å². The van der Waals surface area contributed by atoms with E-state index in [4.69, 9.17) is 0 Å². The maximum Gasteiger partial charge on any atom is 0.0843 e. The van der Waals surface area contributed by atoms with Crippen LogP contribution in [0.1, 0.15) is 30.0 Å². The van der Waals surface area contributed by atoms with Gasteiger partial charge in [0.1, 0.15) is 0 Å². The van der Waals surface area contributed by atoms with Crippen molar-refractivity contribution < 1.29 is 0 Å². The number of hydrogen-bond acceptors (Lipinski definition) is 3. The minimum Gasteiger partial charge on any atom is -0.307 e. The molecule has 3 nitrogen and oxygen atoms in total. The van der Waals surface area contributed by atoms with E-state index in [0.717, 1.165) is 21.2 Å². The molecule has 2 aromatic heterocycles. The van der Waals surface area contributed by atoms with Crippen molar-refractivity contribution in [3.8, 4) is 0 Å². The fraction of sp³-hybridized carbons (Fsp3) is 0.417. The Morgan fingerprint density at radius 1 is 1.50 bits per heavy atom. The van der Waals surface area contributed by atoms with Gasteiger partial charge in [0.05, 0.1) is 15.5 Å². The molecule has 0 aliphatic rings. The van der Waals surface area contributed by atoms with E-state index >= 15 is 0 Å². The van der Waals surface area contributed by atoms with Crippen LogP contribution in [0.15, 0.2) is 26.6 Å². The van der Waals surface area contributed by atoms with E-state index in [1.807, 2.05) is 13.2 Å². The highest BCUT2D eigenvalue weighted by Crippen LogP contribution is 2.37. The van der Waals surface area contributed by atoms with Crippen LogP contribution in [0.2, 0.25) is 0 Å². The van der Waals surface area contributed by atoms with Gasteiger partial charge >= 0.3 is 0 Å². The summed E-state index contributed by atoms with van der Waals surface area (Å²) in [6.45, 7) is 3.12. The molecule has 18 heavy (non-hydrogen) atoms. The fourth-order valence-corrected chi connectivity index (χ4v) is 4.14. The Morgan fingerprint density at radius 3 is 2.83 bits per heavy atom. The van der Waals surface area contributed by atoms with Crippen LogP contribution >= 0.6 is 43.2 Å². The van der Waals surface area contributed by atoms with Gasteiger partial charge in [-0.15, -0.1) is 11.3 Å². The Hall–Kier alpha value is -0.170. The van der Waals surface area contributed by atoms with Gasteiger partial charge < -0.3 is 5.32 Å². The lowest BCUT2D eigenvalue weighted by molar-refractivity contribution is 0.537. The zero-order valence-electron chi connectivity index (χ0n) is 10.3. The van der Waals surface area contributed by atoms with Crippen LogP contribution in [-0.2, 0) is 6.54 Å². The van der Waals surface area contributed by atoms with Gasteiger partial charge in [-0.2, -0.15) is 5.10 Å². The highest BCUT2D eigenvalue weighted by Gasteiger charge is 2.19. The van der Waals surface area contributed by atoms with Crippen molar-refractivity contribution in [2.45, 2.75) is 25.9 Å². The second-order valence-corrected chi connectivity index (χ2v) is 7.23. The van der Waals surface area contributed by atoms with E-state index in [1.54, 1.807) is 11.3 Å². The molecule has 2 aromatic rings. The molecule has 1 unspecified atom stereocenters. The lowest BCUT2D eigenvalue weighted by Gasteiger charge is -2.16. The Balaban J connectivity index is 2.35. The van der Waals surface area contributed by atoms with Crippen molar-refractivity contribution >= 4 is 43.2 Å². The molecule has 0 saturated carbocycles. The Labute approximate surface area is 128 Å². The predicted octanol–water partition coefficient (Wildman–Crippen LogP) is 4.19. The van der Waals surface area contributed by atoms with Gasteiger partial charge in [0.15, 0.2) is 0 Å². The molecule has 0 saturated heterocycles. The first-order valence-electron chi connectivity index (χ1n) is 5.81. The summed E-state index contributed by atoms with van der Waals surface area (Å²) >= 11 is 8.83. The molecule has 1 atom stereocenters. The zero-order valence-corrected chi connectivity index (χ0v) is 14.3. The lowest BCUT2D eigenvalue weighted by atomic mass is 10.1. The second-order valence-electron chi connectivity index (χ2n) is 3.97. The maximum absolute atomic E-state index is 4.39. The first-order chi connectivity index (χ1) is 8.67. The van der Waals surface area contributed by atoms with Crippen molar-refractivity contribution in [3.63, 3.8) is 0 Å². The molecule has 0 aliphatic carbocycles. The number of aromatic nitrogens is 2. The molecule has 0 aromatic carbocycles. The van der Waals surface area contributed by atoms with Gasteiger partial charge in [-0.1, -0.05) is 6.92 Å². The summed E-state index contributed by atoms with van der Waals surface area (Å²) in [6, 6.07) is 4.42. The Bertz CT molecular complexity index is 502. The third-order valence-electron chi connectivity index (χ3n) is 2.72. The summed E-state index contributed by atoms with van der Waals surface area (Å²) < 4.78 is 4.30. The third-order valence-corrected chi connectivity index (χ3v) is 6.04. The van der Waals surface area contributed by atoms with Crippen molar-refractivity contribution in [1.29, 1.82) is 0 Å². The summed E-state index contributed by atoms with van der Waals surface area (Å²) in [5.41, 5.74) is 1.21. The molecule has 6 heteroatoms. The molecule has 1 N–H and O–H groups in total. The number of aryl methyl sites for hydroxylation is 1. The summed E-state index contributed by atoms with van der Waals surface area (Å²) in [6.07, 6.45) is 2.95. The van der Waals surface area contributed by atoms with Gasteiger partial charge in [-0.05, 0) is 57.5 Å². The zero-order chi connectivity index (χ0) is 13.1. The number of hydrogen-bond donors (Lipinski definition) is 1. The van der Waals surface area contributed by atoms with E-state index in [-0.39, 0.29) is 6.04 Å². The maximum atomic E-state index is 4.39. The largest absolute Gasteiger partial charge is 0.307 e. The van der Waals surface area contributed by atoms with Crippen LogP contribution in [0.4, 0.5) is 0 Å². The fourth-order valence-electron chi connectivity index (χ4n) is 1.93. The Morgan fingerprint density at radius 2 is 2.28 bits per heavy atom. The predicted molar refractivity (Wildman–Crippen MR) is 83.1 cm³/mol. The monoisotopic (exact) mass is 391 g/mol. The minimum atomic E-state index is 0.187. The highest BCUT2D eigenvalue weighted by atomic mass is 79.9. The molecule has 2 rings (SSSR count). The number of nitrogens with one attached hydrogen (secondary N) is 1. The first-order valence-corrected chi connectivity index (χ1v) is 8.21. The molecular weight excluding hydrogens is 378 g/mol. The smallest absolute Gasteiger partial charge is 0.0843 e. The third kappa shape index (κ3) is 2.87. The second kappa shape index (κ2) is 6.32. The van der Waals surface area contributed by atoms with Crippen LogP contribution in [0, 0.1) is 0 Å². The highest BCUT2D eigenvalue weighted by molar-refractivity contribution is 9.13. The summed E-state index contributed by atoms with van der Waals surface area (Å²) in [5.74, 6) is 0. The van der Waals surface area contributed by atoms with E-state index in [1.165, 1.54) is 10.6 Å². The normalized spacial score (nSPS) is 12.9. The Kier molecular flexibility index (Phi) is 5.00. The quantitative estimate of drug-likeness (QED) is 0.826. The van der Waals surface area contributed by atoms with Crippen molar-refractivity contribution in [2.24, 2.45) is 0 Å². The number of rotatable bonds is 5. The van der Waals surface area contributed by atoms with Gasteiger partial charge in [-0.3, -0.25) is 4.68 Å². The molecule has 0 aliphatic heterocycles. The van der Waals surface area contributed by atoms with E-state index in [9.17, 15) is 0 Å². The van der Waals surface area contributed by atoms with Crippen LogP contribution < -0.4 is 5.32 Å². The van der Waals surface area contributed by atoms with Crippen LogP contribution in [0.25, 0.3) is 0 Å². The SMILES string of the molecule is CCCn1nccc1C(NC)c1cc(Br)c(Br)s1. The molecule has 0 amide bonds. The number of nitrogens with zero attached hydrogens (tertiary/aromatic N) is 2. The topological polar surface area (TPSA) is 29.9 Å². The van der Waals surface area contributed by atoms with Crippen LogP contribution in [0.3, 0.4) is 0 Å². The van der Waals surface area contributed by atoms with Gasteiger partial charge in [0.2, 0.25) is 0 Å². The minimum absolute atomic E-state index is 0.187. The molecule has 2 heterocycles. The summed E-state index contributed by atoms with van der Waals surface area (Å²) in [5, 5.41) is 7.76. The van der Waals surface area contributed by atoms with Crippen molar-refractivity contribution in [3.05, 3.63) is 37.2 Å². The average molecular weight is 393 g/mol. The molecule has 0 spiro atoms.